The first-order valence-electron chi connectivity index (χ1n) is 6.94. The minimum atomic E-state index is 0.148. The molecule has 23 heavy (non-hydrogen) atoms. The zero-order valence-corrected chi connectivity index (χ0v) is 14.5. The summed E-state index contributed by atoms with van der Waals surface area (Å²) in [4.78, 5) is 0. The lowest BCUT2D eigenvalue weighted by Crippen LogP contribution is -2.08. The van der Waals surface area contributed by atoms with Crippen molar-refractivity contribution in [1.29, 1.82) is 0 Å². The molecule has 0 radical (unpaired) electrons. The van der Waals surface area contributed by atoms with Crippen LogP contribution in [0.2, 0.25) is 0 Å². The molecule has 0 fully saturated rings. The molecule has 0 bridgehead atoms. The van der Waals surface area contributed by atoms with Gasteiger partial charge in [-0.05, 0) is 45.0 Å². The molecule has 1 N–H and O–H groups in total. The lowest BCUT2D eigenvalue weighted by molar-refractivity contribution is 0.474. The number of phenols is 1. The van der Waals surface area contributed by atoms with Gasteiger partial charge >= 0.3 is 0 Å². The Morgan fingerprint density at radius 3 is 2.65 bits per heavy atom. The van der Waals surface area contributed by atoms with Crippen LogP contribution in [0.3, 0.4) is 0 Å². The first-order valence-corrected chi connectivity index (χ1v) is 7.73. The Kier molecular flexibility index (Phi) is 3.99. The van der Waals surface area contributed by atoms with E-state index in [1.807, 2.05) is 19.9 Å². The molecule has 2 aromatic heterocycles. The largest absolute Gasteiger partial charge is 0.507 e. The fraction of sp³-hybridized carbons (Fsp3) is 0.200. The smallest absolute Gasteiger partial charge is 0.273 e. The number of benzene rings is 1. The van der Waals surface area contributed by atoms with Gasteiger partial charge in [-0.1, -0.05) is 15.9 Å². The van der Waals surface area contributed by atoms with Crippen LogP contribution in [0.25, 0.3) is 5.95 Å². The van der Waals surface area contributed by atoms with Crippen LogP contribution in [0.1, 0.15) is 22.8 Å². The number of halogens is 1. The second-order valence-corrected chi connectivity index (χ2v) is 6.06. The van der Waals surface area contributed by atoms with E-state index in [1.54, 1.807) is 40.7 Å². The Balaban J connectivity index is 2.04. The first-order chi connectivity index (χ1) is 11.0. The van der Waals surface area contributed by atoms with Crippen molar-refractivity contribution < 1.29 is 5.11 Å². The van der Waals surface area contributed by atoms with E-state index >= 15 is 0 Å². The van der Waals surface area contributed by atoms with Crippen LogP contribution in [0.4, 0.5) is 0 Å². The molecule has 0 unspecified atom stereocenters. The van der Waals surface area contributed by atoms with Crippen LogP contribution in [0.15, 0.2) is 33.8 Å². The van der Waals surface area contributed by atoms with E-state index in [4.69, 9.17) is 0 Å². The Morgan fingerprint density at radius 2 is 1.96 bits per heavy atom. The second-order valence-electron chi connectivity index (χ2n) is 5.15. The monoisotopic (exact) mass is 374 g/mol. The number of phenolic OH excluding ortho intramolecular Hbond substituents is 1. The molecular formula is C15H15BrN6O. The maximum absolute atomic E-state index is 9.90. The predicted octanol–water partition coefficient (Wildman–Crippen LogP) is 2.74. The molecule has 3 rings (SSSR count). The van der Waals surface area contributed by atoms with E-state index < -0.39 is 0 Å². The number of rotatable bonds is 3. The van der Waals surface area contributed by atoms with Gasteiger partial charge in [-0.25, -0.2) is 4.68 Å². The SMILES string of the molecule is Cc1cc(C)n(-c2nnc(C)n2/N=C\c2cc(Br)ccc2O)n1. The molecular weight excluding hydrogens is 360 g/mol. The van der Waals surface area contributed by atoms with Crippen molar-refractivity contribution in [3.8, 4) is 11.7 Å². The van der Waals surface area contributed by atoms with Gasteiger partial charge in [-0.3, -0.25) is 0 Å². The third kappa shape index (κ3) is 3.02. The van der Waals surface area contributed by atoms with Crippen LogP contribution >= 0.6 is 15.9 Å². The highest BCUT2D eigenvalue weighted by molar-refractivity contribution is 9.10. The van der Waals surface area contributed by atoms with Gasteiger partial charge in [-0.2, -0.15) is 14.9 Å². The normalized spacial score (nSPS) is 11.5. The number of aromatic nitrogens is 5. The molecule has 0 aliphatic rings. The van der Waals surface area contributed by atoms with Crippen molar-refractivity contribution in [2.75, 3.05) is 0 Å². The van der Waals surface area contributed by atoms with Crippen molar-refractivity contribution >= 4 is 22.1 Å². The summed E-state index contributed by atoms with van der Waals surface area (Å²) in [6, 6.07) is 7.10. The molecule has 3 aromatic rings. The van der Waals surface area contributed by atoms with E-state index in [0.717, 1.165) is 15.9 Å². The first kappa shape index (κ1) is 15.4. The summed E-state index contributed by atoms with van der Waals surface area (Å²) in [5.41, 5.74) is 2.42. The summed E-state index contributed by atoms with van der Waals surface area (Å²) in [6.07, 6.45) is 1.56. The van der Waals surface area contributed by atoms with E-state index in [1.165, 1.54) is 0 Å². The molecule has 0 atom stereocenters. The molecule has 0 amide bonds. The molecule has 0 saturated heterocycles. The minimum absolute atomic E-state index is 0.148. The van der Waals surface area contributed by atoms with Gasteiger partial charge in [0.05, 0.1) is 11.9 Å². The Bertz CT molecular complexity index is 896. The second kappa shape index (κ2) is 5.96. The average Bonchev–Trinajstić information content (AvgIpc) is 3.02. The van der Waals surface area contributed by atoms with E-state index in [0.29, 0.717) is 17.3 Å². The average molecular weight is 375 g/mol. The highest BCUT2D eigenvalue weighted by atomic mass is 79.9. The third-order valence-corrected chi connectivity index (χ3v) is 3.77. The zero-order chi connectivity index (χ0) is 16.6. The number of hydrogen-bond acceptors (Lipinski definition) is 5. The minimum Gasteiger partial charge on any atom is -0.507 e. The van der Waals surface area contributed by atoms with Gasteiger partial charge in [0, 0.05) is 15.7 Å². The summed E-state index contributed by atoms with van der Waals surface area (Å²) in [5.74, 6) is 1.27. The topological polar surface area (TPSA) is 81.1 Å². The number of nitrogens with zero attached hydrogens (tertiary/aromatic N) is 6. The maximum Gasteiger partial charge on any atom is 0.273 e. The van der Waals surface area contributed by atoms with Gasteiger partial charge in [0.15, 0.2) is 5.82 Å². The lowest BCUT2D eigenvalue weighted by atomic mass is 10.2. The quantitative estimate of drug-likeness (QED) is 0.714. The van der Waals surface area contributed by atoms with E-state index in [9.17, 15) is 5.11 Å². The summed E-state index contributed by atoms with van der Waals surface area (Å²) in [5, 5.41) is 26.9. The van der Waals surface area contributed by atoms with Crippen LogP contribution in [0, 0.1) is 20.8 Å². The highest BCUT2D eigenvalue weighted by Crippen LogP contribution is 2.20. The van der Waals surface area contributed by atoms with Crippen molar-refractivity contribution in [2.24, 2.45) is 5.10 Å². The predicted molar refractivity (Wildman–Crippen MR) is 90.2 cm³/mol. The number of aromatic hydroxyl groups is 1. The molecule has 7 nitrogen and oxygen atoms in total. The van der Waals surface area contributed by atoms with Gasteiger partial charge in [0.2, 0.25) is 0 Å². The standard InChI is InChI=1S/C15H15BrN6O/c1-9-6-10(2)21(20-9)15-19-18-11(3)22(15)17-8-12-7-13(16)4-5-14(12)23/h4-8,23H,1-3H3/b17-8-. The van der Waals surface area contributed by atoms with Gasteiger partial charge in [0.1, 0.15) is 5.75 Å². The lowest BCUT2D eigenvalue weighted by Gasteiger charge is -2.04. The molecule has 8 heteroatoms. The summed E-state index contributed by atoms with van der Waals surface area (Å²) in [7, 11) is 0. The molecule has 2 heterocycles. The molecule has 1 aromatic carbocycles. The third-order valence-electron chi connectivity index (χ3n) is 3.28. The van der Waals surface area contributed by atoms with Gasteiger partial charge in [0.25, 0.3) is 5.95 Å². The number of aryl methyl sites for hydroxylation is 3. The van der Waals surface area contributed by atoms with Crippen LogP contribution in [0.5, 0.6) is 5.75 Å². The Hall–Kier alpha value is -2.48. The maximum atomic E-state index is 9.90. The van der Waals surface area contributed by atoms with Crippen LogP contribution < -0.4 is 0 Å². The summed E-state index contributed by atoms with van der Waals surface area (Å²) < 4.78 is 4.13. The van der Waals surface area contributed by atoms with Gasteiger partial charge in [-0.15, -0.1) is 10.2 Å². The Labute approximate surface area is 141 Å². The summed E-state index contributed by atoms with van der Waals surface area (Å²) in [6.45, 7) is 5.67. The molecule has 0 aliphatic heterocycles. The fourth-order valence-electron chi connectivity index (χ4n) is 2.19. The molecule has 118 valence electrons. The number of hydrogen-bond donors (Lipinski definition) is 1. The zero-order valence-electron chi connectivity index (χ0n) is 12.9. The van der Waals surface area contributed by atoms with Crippen LogP contribution in [-0.2, 0) is 0 Å². The van der Waals surface area contributed by atoms with Crippen molar-refractivity contribution in [2.45, 2.75) is 20.8 Å². The summed E-state index contributed by atoms with van der Waals surface area (Å²) >= 11 is 3.37. The van der Waals surface area contributed by atoms with E-state index in [-0.39, 0.29) is 5.75 Å². The van der Waals surface area contributed by atoms with Gasteiger partial charge < -0.3 is 5.11 Å². The molecule has 0 saturated carbocycles. The molecule has 0 aliphatic carbocycles. The van der Waals surface area contributed by atoms with Crippen LogP contribution in [-0.4, -0.2) is 36.0 Å². The highest BCUT2D eigenvalue weighted by Gasteiger charge is 2.13. The Morgan fingerprint density at radius 1 is 1.17 bits per heavy atom. The fourth-order valence-corrected chi connectivity index (χ4v) is 2.57. The van der Waals surface area contributed by atoms with E-state index in [2.05, 4.69) is 36.3 Å². The molecule has 0 spiro atoms. The van der Waals surface area contributed by atoms with Crippen molar-refractivity contribution in [3.05, 3.63) is 51.5 Å². The van der Waals surface area contributed by atoms with Crippen molar-refractivity contribution in [3.63, 3.8) is 0 Å². The van der Waals surface area contributed by atoms with Crippen molar-refractivity contribution in [1.82, 2.24) is 24.7 Å².